The molecule has 0 bridgehead atoms. The molecule has 8 aromatic carbocycles. The van der Waals surface area contributed by atoms with Crippen LogP contribution in [-0.4, -0.2) is 17.6 Å². The lowest BCUT2D eigenvalue weighted by atomic mass is 9.90. The Bertz CT molecular complexity index is 3350. The average Bonchev–Trinajstić information content (AvgIpc) is 3.90. The van der Waals surface area contributed by atoms with Crippen molar-refractivity contribution in [3.05, 3.63) is 170 Å². The minimum absolute atomic E-state index is 0.371. The van der Waals surface area contributed by atoms with Crippen LogP contribution in [-0.2, 0) is 9.84 Å². The molecule has 53 heavy (non-hydrogen) atoms. The molecule has 0 radical (unpaired) electrons. The van der Waals surface area contributed by atoms with Crippen LogP contribution < -0.4 is 0 Å². The van der Waals surface area contributed by atoms with Crippen molar-refractivity contribution in [1.29, 1.82) is 0 Å². The molecule has 0 saturated carbocycles. The Morgan fingerprint density at radius 3 is 1.81 bits per heavy atom. The van der Waals surface area contributed by atoms with Gasteiger partial charge >= 0.3 is 0 Å². The Morgan fingerprint density at radius 2 is 1.04 bits per heavy atom. The van der Waals surface area contributed by atoms with E-state index in [0.29, 0.717) is 9.79 Å². The van der Waals surface area contributed by atoms with E-state index in [2.05, 4.69) is 143 Å². The standard InChI is InChI=1S/C48H28N2O2S/c51-53(52)42-23-9-6-16-33(42)38-28-30(24-27-43(38)53)32-25-26-41(47-37-20-11-13-29-12-10-19-36(44(29)37)45(32)47)50-40-22-8-5-18-35(40)46-34-17-4-7-21-39(34)49(48(46)50)31-14-2-1-3-15-31/h1-28H. The zero-order valence-corrected chi connectivity index (χ0v) is 29.1. The SMILES string of the molecule is O=S1(=O)c2ccccc2-c2cc(-c3ccc(-n4c5ccccc5c5c6ccccc6n(-c6ccccc6)c54)c4c3-c3cccc5cccc-4c35)ccc21. The van der Waals surface area contributed by atoms with Crippen LogP contribution in [0.3, 0.4) is 0 Å². The topological polar surface area (TPSA) is 44.0 Å². The van der Waals surface area contributed by atoms with E-state index in [1.165, 1.54) is 43.6 Å². The molecular formula is C48H28N2O2S. The van der Waals surface area contributed by atoms with Crippen LogP contribution in [0.5, 0.6) is 0 Å². The first-order valence-electron chi connectivity index (χ1n) is 17.9. The summed E-state index contributed by atoms with van der Waals surface area (Å²) in [7, 11) is -3.57. The van der Waals surface area contributed by atoms with Crippen LogP contribution in [0.4, 0.5) is 0 Å². The smallest absolute Gasteiger partial charge is 0.207 e. The summed E-state index contributed by atoms with van der Waals surface area (Å²) < 4.78 is 32.0. The quantitative estimate of drug-likeness (QED) is 0.185. The number of nitrogens with zero attached hydrogens (tertiary/aromatic N) is 2. The van der Waals surface area contributed by atoms with E-state index >= 15 is 0 Å². The number of benzene rings is 8. The second-order valence-corrected chi connectivity index (χ2v) is 15.9. The van der Waals surface area contributed by atoms with Gasteiger partial charge in [-0.2, -0.15) is 0 Å². The van der Waals surface area contributed by atoms with Crippen molar-refractivity contribution >= 4 is 53.4 Å². The molecule has 5 heteroatoms. The first-order chi connectivity index (χ1) is 26.1. The number of hydrogen-bond donors (Lipinski definition) is 0. The summed E-state index contributed by atoms with van der Waals surface area (Å²) in [5, 5.41) is 6.09. The molecule has 248 valence electrons. The molecule has 0 spiro atoms. The fraction of sp³-hybridized carbons (Fsp3) is 0. The van der Waals surface area contributed by atoms with Gasteiger partial charge in [-0.05, 0) is 81.6 Å². The average molecular weight is 697 g/mol. The fourth-order valence-corrected chi connectivity index (χ4v) is 11.0. The summed E-state index contributed by atoms with van der Waals surface area (Å²) in [6, 6.07) is 59.0. The van der Waals surface area contributed by atoms with Gasteiger partial charge in [0.2, 0.25) is 9.84 Å². The van der Waals surface area contributed by atoms with Gasteiger partial charge in [-0.25, -0.2) is 8.42 Å². The number of hydrogen-bond acceptors (Lipinski definition) is 2. The number of para-hydroxylation sites is 3. The molecule has 0 amide bonds. The van der Waals surface area contributed by atoms with E-state index in [1.807, 2.05) is 18.2 Å². The highest BCUT2D eigenvalue weighted by Gasteiger charge is 2.34. The highest BCUT2D eigenvalue weighted by atomic mass is 32.2. The van der Waals surface area contributed by atoms with Crippen LogP contribution in [0.2, 0.25) is 0 Å². The Kier molecular flexibility index (Phi) is 5.58. The second-order valence-electron chi connectivity index (χ2n) is 14.0. The molecule has 3 heterocycles. The van der Waals surface area contributed by atoms with Crippen molar-refractivity contribution in [2.75, 3.05) is 0 Å². The van der Waals surface area contributed by atoms with Crippen LogP contribution in [0.25, 0.3) is 99.5 Å². The monoisotopic (exact) mass is 696 g/mol. The third-order valence-electron chi connectivity index (χ3n) is 11.4. The zero-order valence-electron chi connectivity index (χ0n) is 28.3. The van der Waals surface area contributed by atoms with E-state index in [9.17, 15) is 8.42 Å². The molecule has 0 unspecified atom stereocenters. The van der Waals surface area contributed by atoms with Crippen molar-refractivity contribution in [2.45, 2.75) is 9.79 Å². The van der Waals surface area contributed by atoms with Crippen LogP contribution >= 0.6 is 0 Å². The summed E-state index contributed by atoms with van der Waals surface area (Å²) in [6.07, 6.45) is 0. The molecule has 2 aromatic heterocycles. The largest absolute Gasteiger partial charge is 0.295 e. The molecule has 0 atom stereocenters. The van der Waals surface area contributed by atoms with E-state index in [-0.39, 0.29) is 0 Å². The molecule has 1 aliphatic carbocycles. The maximum absolute atomic E-state index is 13.6. The highest BCUT2D eigenvalue weighted by molar-refractivity contribution is 7.92. The van der Waals surface area contributed by atoms with Crippen LogP contribution in [0.1, 0.15) is 0 Å². The molecule has 12 rings (SSSR count). The van der Waals surface area contributed by atoms with E-state index in [4.69, 9.17) is 0 Å². The van der Waals surface area contributed by atoms with Crippen LogP contribution in [0.15, 0.2) is 180 Å². The molecular weight excluding hydrogens is 669 g/mol. The summed E-state index contributed by atoms with van der Waals surface area (Å²) in [5.41, 5.74) is 14.0. The zero-order chi connectivity index (χ0) is 35.0. The molecule has 0 saturated heterocycles. The molecule has 1 aliphatic heterocycles. The van der Waals surface area contributed by atoms with Crippen molar-refractivity contribution in [1.82, 2.24) is 9.13 Å². The third-order valence-corrected chi connectivity index (χ3v) is 13.3. The lowest BCUT2D eigenvalue weighted by Gasteiger charge is -2.19. The molecule has 0 N–H and O–H groups in total. The van der Waals surface area contributed by atoms with Gasteiger partial charge in [0.15, 0.2) is 0 Å². The summed E-state index contributed by atoms with van der Waals surface area (Å²) >= 11 is 0. The Labute approximate surface area is 305 Å². The fourth-order valence-electron chi connectivity index (χ4n) is 9.29. The first kappa shape index (κ1) is 28.9. The lowest BCUT2D eigenvalue weighted by Crippen LogP contribution is -2.03. The van der Waals surface area contributed by atoms with Gasteiger partial charge in [0, 0.05) is 44.1 Å². The van der Waals surface area contributed by atoms with Crippen molar-refractivity contribution in [3.8, 4) is 55.9 Å². The number of rotatable bonds is 3. The number of sulfone groups is 1. The maximum Gasteiger partial charge on any atom is 0.207 e. The second kappa shape index (κ2) is 10.2. The van der Waals surface area contributed by atoms with E-state index < -0.39 is 9.84 Å². The summed E-state index contributed by atoms with van der Waals surface area (Å²) in [6.45, 7) is 0. The molecule has 4 nitrogen and oxygen atoms in total. The number of fused-ring (bicyclic) bond motifs is 11. The van der Waals surface area contributed by atoms with Crippen molar-refractivity contribution in [3.63, 3.8) is 0 Å². The summed E-state index contributed by atoms with van der Waals surface area (Å²) in [4.78, 5) is 0.748. The Morgan fingerprint density at radius 1 is 0.415 bits per heavy atom. The highest BCUT2D eigenvalue weighted by Crippen LogP contribution is 2.55. The lowest BCUT2D eigenvalue weighted by molar-refractivity contribution is 0.598. The predicted molar refractivity (Wildman–Crippen MR) is 216 cm³/mol. The normalized spacial score (nSPS) is 13.6. The first-order valence-corrected chi connectivity index (χ1v) is 19.3. The van der Waals surface area contributed by atoms with Gasteiger partial charge in [0.05, 0.1) is 26.5 Å². The third kappa shape index (κ3) is 3.66. The van der Waals surface area contributed by atoms with E-state index in [1.54, 1.807) is 18.2 Å². The van der Waals surface area contributed by atoms with Crippen molar-refractivity contribution < 1.29 is 8.42 Å². The van der Waals surface area contributed by atoms with E-state index in [0.717, 1.165) is 55.9 Å². The molecule has 0 fully saturated rings. The van der Waals surface area contributed by atoms with Crippen molar-refractivity contribution in [2.24, 2.45) is 0 Å². The van der Waals surface area contributed by atoms with Gasteiger partial charge in [0.1, 0.15) is 5.65 Å². The van der Waals surface area contributed by atoms with Crippen LogP contribution in [0, 0.1) is 0 Å². The predicted octanol–water partition coefficient (Wildman–Crippen LogP) is 12.0. The molecule has 2 aliphatic rings. The molecule has 10 aromatic rings. The summed E-state index contributed by atoms with van der Waals surface area (Å²) in [5.74, 6) is 0. The number of aromatic nitrogens is 2. The van der Waals surface area contributed by atoms with Gasteiger partial charge in [-0.15, -0.1) is 0 Å². The van der Waals surface area contributed by atoms with Gasteiger partial charge in [-0.1, -0.05) is 121 Å². The maximum atomic E-state index is 13.6. The van der Waals surface area contributed by atoms with Gasteiger partial charge in [-0.3, -0.25) is 9.13 Å². The van der Waals surface area contributed by atoms with Gasteiger partial charge in [0.25, 0.3) is 0 Å². The van der Waals surface area contributed by atoms with Gasteiger partial charge < -0.3 is 0 Å². The Hall–Kier alpha value is -6.69. The Balaban J connectivity index is 1.23. The minimum atomic E-state index is -3.57. The minimum Gasteiger partial charge on any atom is -0.295 e.